The molecule has 0 spiro atoms. The molecule has 1 aliphatic heterocycles. The molecule has 0 N–H and O–H groups in total. The highest BCUT2D eigenvalue weighted by molar-refractivity contribution is 5.05. The monoisotopic (exact) mass is 238 g/mol. The van der Waals surface area contributed by atoms with Gasteiger partial charge in [-0.1, -0.05) is 0 Å². The van der Waals surface area contributed by atoms with Crippen LogP contribution in [0.2, 0.25) is 0 Å². The smallest absolute Gasteiger partial charge is 0.129 e. The Morgan fingerprint density at radius 2 is 1.71 bits per heavy atom. The van der Waals surface area contributed by atoms with Gasteiger partial charge in [0, 0.05) is 6.61 Å². The first-order valence-corrected chi connectivity index (χ1v) is 6.25. The van der Waals surface area contributed by atoms with Crippen LogP contribution in [0.1, 0.15) is 24.4 Å². The van der Waals surface area contributed by atoms with Crippen molar-refractivity contribution in [2.45, 2.75) is 32.2 Å². The predicted molar refractivity (Wildman–Crippen MR) is 60.5 cm³/mol. The summed E-state index contributed by atoms with van der Waals surface area (Å²) < 4.78 is 21.7. The zero-order valence-electron chi connectivity index (χ0n) is 9.89. The fourth-order valence-corrected chi connectivity index (χ4v) is 1.64. The molecule has 4 heteroatoms. The van der Waals surface area contributed by atoms with E-state index >= 15 is 0 Å². The maximum absolute atomic E-state index is 5.60. The summed E-state index contributed by atoms with van der Waals surface area (Å²) in [6.45, 7) is 3.45. The van der Waals surface area contributed by atoms with Gasteiger partial charge in [0.2, 0.25) is 0 Å². The molecule has 1 aromatic rings. The molecular formula is C13H18O4. The second-order valence-electron chi connectivity index (χ2n) is 4.80. The van der Waals surface area contributed by atoms with Crippen LogP contribution in [-0.2, 0) is 27.4 Å². The van der Waals surface area contributed by atoms with E-state index in [-0.39, 0.29) is 0 Å². The van der Waals surface area contributed by atoms with Gasteiger partial charge >= 0.3 is 0 Å². The van der Waals surface area contributed by atoms with Gasteiger partial charge in [-0.2, -0.15) is 0 Å². The van der Waals surface area contributed by atoms with Gasteiger partial charge in [0.25, 0.3) is 0 Å². The number of hydrogen-bond donors (Lipinski definition) is 0. The van der Waals surface area contributed by atoms with Crippen molar-refractivity contribution < 1.29 is 18.6 Å². The van der Waals surface area contributed by atoms with Crippen molar-refractivity contribution in [1.82, 2.24) is 0 Å². The van der Waals surface area contributed by atoms with Crippen molar-refractivity contribution >= 4 is 0 Å². The quantitative estimate of drug-likeness (QED) is 0.651. The fourth-order valence-electron chi connectivity index (χ4n) is 1.64. The Morgan fingerprint density at radius 1 is 1.06 bits per heavy atom. The van der Waals surface area contributed by atoms with Crippen LogP contribution in [0, 0.1) is 5.92 Å². The molecule has 3 rings (SSSR count). The van der Waals surface area contributed by atoms with E-state index in [9.17, 15) is 0 Å². The largest absolute Gasteiger partial charge is 0.461 e. The molecule has 0 amide bonds. The van der Waals surface area contributed by atoms with E-state index in [1.807, 2.05) is 12.1 Å². The molecular weight excluding hydrogens is 220 g/mol. The van der Waals surface area contributed by atoms with Crippen LogP contribution in [0.5, 0.6) is 0 Å². The van der Waals surface area contributed by atoms with Crippen LogP contribution in [0.4, 0.5) is 0 Å². The summed E-state index contributed by atoms with van der Waals surface area (Å²) in [5, 5.41) is 0. The number of hydrogen-bond acceptors (Lipinski definition) is 4. The molecule has 2 heterocycles. The zero-order chi connectivity index (χ0) is 11.5. The third kappa shape index (κ3) is 3.84. The van der Waals surface area contributed by atoms with Crippen molar-refractivity contribution in [3.63, 3.8) is 0 Å². The van der Waals surface area contributed by atoms with E-state index in [1.54, 1.807) is 0 Å². The molecule has 1 aromatic heterocycles. The molecule has 0 radical (unpaired) electrons. The summed E-state index contributed by atoms with van der Waals surface area (Å²) in [7, 11) is 0. The molecule has 4 nitrogen and oxygen atoms in total. The SMILES string of the molecule is c1cc(COCC2CO2)oc1COCC1CC1. The highest BCUT2D eigenvalue weighted by atomic mass is 16.6. The van der Waals surface area contributed by atoms with Crippen molar-refractivity contribution in [1.29, 1.82) is 0 Å². The summed E-state index contributed by atoms with van der Waals surface area (Å²) in [6, 6.07) is 3.91. The van der Waals surface area contributed by atoms with Crippen molar-refractivity contribution in [2.75, 3.05) is 19.8 Å². The summed E-state index contributed by atoms with van der Waals surface area (Å²) >= 11 is 0. The summed E-state index contributed by atoms with van der Waals surface area (Å²) in [5.41, 5.74) is 0. The Labute approximate surface area is 101 Å². The molecule has 94 valence electrons. The molecule has 1 aliphatic carbocycles. The van der Waals surface area contributed by atoms with Gasteiger partial charge in [0.1, 0.15) is 30.8 Å². The molecule has 2 aliphatic rings. The summed E-state index contributed by atoms with van der Waals surface area (Å²) in [5.74, 6) is 2.54. The summed E-state index contributed by atoms with van der Waals surface area (Å²) in [6.07, 6.45) is 2.95. The van der Waals surface area contributed by atoms with E-state index in [4.69, 9.17) is 18.6 Å². The first-order valence-electron chi connectivity index (χ1n) is 6.25. The van der Waals surface area contributed by atoms with E-state index < -0.39 is 0 Å². The molecule has 2 fully saturated rings. The predicted octanol–water partition coefficient (Wildman–Crippen LogP) is 2.12. The molecule has 1 atom stereocenters. The van der Waals surface area contributed by atoms with Crippen LogP contribution >= 0.6 is 0 Å². The van der Waals surface area contributed by atoms with Crippen molar-refractivity contribution in [3.05, 3.63) is 23.7 Å². The Morgan fingerprint density at radius 3 is 2.29 bits per heavy atom. The molecule has 1 saturated carbocycles. The summed E-state index contributed by atoms with van der Waals surface area (Å²) in [4.78, 5) is 0. The first-order chi connectivity index (χ1) is 8.40. The minimum absolute atomic E-state index is 0.311. The lowest BCUT2D eigenvalue weighted by atomic mass is 10.4. The fraction of sp³-hybridized carbons (Fsp3) is 0.692. The van der Waals surface area contributed by atoms with E-state index in [1.165, 1.54) is 12.8 Å². The van der Waals surface area contributed by atoms with Gasteiger partial charge in [0.05, 0.1) is 13.2 Å². The van der Waals surface area contributed by atoms with Crippen LogP contribution in [0.3, 0.4) is 0 Å². The molecule has 1 saturated heterocycles. The zero-order valence-corrected chi connectivity index (χ0v) is 9.89. The van der Waals surface area contributed by atoms with E-state index in [2.05, 4.69) is 0 Å². The van der Waals surface area contributed by atoms with E-state index in [0.717, 1.165) is 30.7 Å². The Balaban J connectivity index is 1.34. The lowest BCUT2D eigenvalue weighted by molar-refractivity contribution is 0.0789. The molecule has 1 unspecified atom stereocenters. The standard InChI is InChI=1S/C13H18O4/c1-2-10(1)5-14-6-11-3-4-12(17-11)7-15-8-13-9-16-13/h3-4,10,13H,1-2,5-9H2. The second-order valence-corrected chi connectivity index (χ2v) is 4.80. The highest BCUT2D eigenvalue weighted by Gasteiger charge is 2.22. The number of ether oxygens (including phenoxy) is 3. The molecule has 0 aromatic carbocycles. The Hall–Kier alpha value is -0.840. The van der Waals surface area contributed by atoms with Gasteiger partial charge in [-0.05, 0) is 30.9 Å². The number of epoxide rings is 1. The lowest BCUT2D eigenvalue weighted by Gasteiger charge is -2.00. The molecule has 0 bridgehead atoms. The van der Waals surface area contributed by atoms with Crippen LogP contribution in [-0.4, -0.2) is 25.9 Å². The first kappa shape index (κ1) is 11.3. The van der Waals surface area contributed by atoms with Gasteiger partial charge in [0.15, 0.2) is 0 Å². The maximum atomic E-state index is 5.60. The minimum Gasteiger partial charge on any atom is -0.461 e. The van der Waals surface area contributed by atoms with Crippen LogP contribution in [0.15, 0.2) is 16.5 Å². The van der Waals surface area contributed by atoms with Crippen molar-refractivity contribution in [2.24, 2.45) is 5.92 Å². The minimum atomic E-state index is 0.311. The molecule has 17 heavy (non-hydrogen) atoms. The number of furan rings is 1. The Kier molecular flexibility index (Phi) is 3.45. The van der Waals surface area contributed by atoms with Crippen LogP contribution in [0.25, 0.3) is 0 Å². The third-order valence-corrected chi connectivity index (χ3v) is 2.96. The van der Waals surface area contributed by atoms with Crippen LogP contribution < -0.4 is 0 Å². The average Bonchev–Trinajstić information content (AvgIpc) is 3.22. The Bertz CT molecular complexity index is 320. The van der Waals surface area contributed by atoms with Gasteiger partial charge in [-0.3, -0.25) is 0 Å². The van der Waals surface area contributed by atoms with Gasteiger partial charge in [-0.15, -0.1) is 0 Å². The maximum Gasteiger partial charge on any atom is 0.129 e. The normalized spacial score (nSPS) is 22.9. The second kappa shape index (κ2) is 5.21. The lowest BCUT2D eigenvalue weighted by Crippen LogP contribution is -2.00. The average molecular weight is 238 g/mol. The van der Waals surface area contributed by atoms with Gasteiger partial charge in [-0.25, -0.2) is 0 Å². The topological polar surface area (TPSA) is 44.1 Å². The van der Waals surface area contributed by atoms with E-state index in [0.29, 0.717) is 25.9 Å². The highest BCUT2D eigenvalue weighted by Crippen LogP contribution is 2.29. The van der Waals surface area contributed by atoms with Crippen molar-refractivity contribution in [3.8, 4) is 0 Å². The third-order valence-electron chi connectivity index (χ3n) is 2.96. The van der Waals surface area contributed by atoms with Gasteiger partial charge < -0.3 is 18.6 Å². The number of rotatable bonds is 8.